The molecule has 1 atom stereocenters. The first-order valence-corrected chi connectivity index (χ1v) is 9.37. The van der Waals surface area contributed by atoms with Gasteiger partial charge in [0, 0.05) is 25.7 Å². The number of para-hydroxylation sites is 1. The van der Waals surface area contributed by atoms with Gasteiger partial charge in [-0.2, -0.15) is 4.31 Å². The molecule has 2 heterocycles. The second-order valence-corrected chi connectivity index (χ2v) is 7.74. The van der Waals surface area contributed by atoms with Crippen molar-refractivity contribution in [2.24, 2.45) is 0 Å². The Morgan fingerprint density at radius 2 is 1.96 bits per heavy atom. The molecule has 0 unspecified atom stereocenters. The molecule has 23 heavy (non-hydrogen) atoms. The highest BCUT2D eigenvalue weighted by Crippen LogP contribution is 2.34. The summed E-state index contributed by atoms with van der Waals surface area (Å²) in [5.74, 6) is 0.888. The smallest absolute Gasteiger partial charge is 0.257 e. The van der Waals surface area contributed by atoms with Gasteiger partial charge in [0.25, 0.3) is 5.91 Å². The molecule has 0 radical (unpaired) electrons. The van der Waals surface area contributed by atoms with Gasteiger partial charge >= 0.3 is 0 Å². The zero-order valence-electron chi connectivity index (χ0n) is 13.2. The van der Waals surface area contributed by atoms with Crippen molar-refractivity contribution in [1.82, 2.24) is 9.21 Å². The van der Waals surface area contributed by atoms with Gasteiger partial charge < -0.3 is 14.4 Å². The summed E-state index contributed by atoms with van der Waals surface area (Å²) in [6.07, 6.45) is 1.19. The first-order valence-electron chi connectivity index (χ1n) is 7.52. The number of piperazine rings is 1. The van der Waals surface area contributed by atoms with Crippen molar-refractivity contribution in [2.75, 3.05) is 39.1 Å². The van der Waals surface area contributed by atoms with E-state index >= 15 is 0 Å². The van der Waals surface area contributed by atoms with Crippen LogP contribution in [-0.2, 0) is 10.0 Å². The molecule has 2 aliphatic heterocycles. The van der Waals surface area contributed by atoms with Crippen molar-refractivity contribution in [2.45, 2.75) is 13.0 Å². The lowest BCUT2D eigenvalue weighted by Gasteiger charge is -2.38. The van der Waals surface area contributed by atoms with Gasteiger partial charge in [-0.1, -0.05) is 6.07 Å². The Labute approximate surface area is 135 Å². The predicted molar refractivity (Wildman–Crippen MR) is 84.3 cm³/mol. The summed E-state index contributed by atoms with van der Waals surface area (Å²) in [4.78, 5) is 14.5. The maximum atomic E-state index is 12.8. The standard InChI is InChI=1S/C15H20N2O5S/c1-11-10-16(6-7-17(11)23(2,19)20)15(18)12-4-3-5-13-14(12)22-9-8-21-13/h3-5,11H,6-10H2,1-2H3/t11-/m0/s1. The van der Waals surface area contributed by atoms with Crippen molar-refractivity contribution in [3.63, 3.8) is 0 Å². The summed E-state index contributed by atoms with van der Waals surface area (Å²) in [7, 11) is -3.25. The molecule has 0 aromatic heterocycles. The highest BCUT2D eigenvalue weighted by Gasteiger charge is 2.33. The van der Waals surface area contributed by atoms with Gasteiger partial charge in [0.15, 0.2) is 11.5 Å². The lowest BCUT2D eigenvalue weighted by atomic mass is 10.1. The van der Waals surface area contributed by atoms with Crippen molar-refractivity contribution in [3.8, 4) is 11.5 Å². The number of fused-ring (bicyclic) bond motifs is 1. The van der Waals surface area contributed by atoms with Crippen LogP contribution >= 0.6 is 0 Å². The zero-order chi connectivity index (χ0) is 16.6. The normalized spacial score (nSPS) is 22.0. The van der Waals surface area contributed by atoms with Crippen molar-refractivity contribution >= 4 is 15.9 Å². The van der Waals surface area contributed by atoms with Crippen molar-refractivity contribution in [3.05, 3.63) is 23.8 Å². The van der Waals surface area contributed by atoms with Crippen LogP contribution in [0.5, 0.6) is 11.5 Å². The summed E-state index contributed by atoms with van der Waals surface area (Å²) in [5.41, 5.74) is 0.460. The topological polar surface area (TPSA) is 76.2 Å². The molecule has 7 nitrogen and oxygen atoms in total. The van der Waals surface area contributed by atoms with Crippen LogP contribution in [0.3, 0.4) is 0 Å². The SMILES string of the molecule is C[C@H]1CN(C(=O)c2cccc3c2OCCO3)CCN1S(C)(=O)=O. The van der Waals surface area contributed by atoms with Crippen LogP contribution in [0.15, 0.2) is 18.2 Å². The predicted octanol–water partition coefficient (Wildman–Crippen LogP) is 0.564. The van der Waals surface area contributed by atoms with Gasteiger partial charge in [0.1, 0.15) is 13.2 Å². The van der Waals surface area contributed by atoms with Gasteiger partial charge in [0.05, 0.1) is 11.8 Å². The van der Waals surface area contributed by atoms with Crippen LogP contribution in [0.2, 0.25) is 0 Å². The zero-order valence-corrected chi connectivity index (χ0v) is 14.0. The molecule has 0 saturated carbocycles. The Morgan fingerprint density at radius 1 is 1.22 bits per heavy atom. The van der Waals surface area contributed by atoms with Crippen LogP contribution in [-0.4, -0.2) is 68.7 Å². The molecule has 126 valence electrons. The van der Waals surface area contributed by atoms with Crippen LogP contribution in [0.25, 0.3) is 0 Å². The second kappa shape index (κ2) is 6.01. The van der Waals surface area contributed by atoms with E-state index in [0.717, 1.165) is 0 Å². The van der Waals surface area contributed by atoms with Crippen molar-refractivity contribution < 1.29 is 22.7 Å². The van der Waals surface area contributed by atoms with E-state index < -0.39 is 10.0 Å². The molecule has 1 aromatic carbocycles. The quantitative estimate of drug-likeness (QED) is 0.786. The fourth-order valence-corrected chi connectivity index (χ4v) is 4.16. The van der Waals surface area contributed by atoms with Gasteiger partial charge in [-0.15, -0.1) is 0 Å². The molecule has 1 saturated heterocycles. The molecule has 1 aromatic rings. The Balaban J connectivity index is 1.80. The highest BCUT2D eigenvalue weighted by atomic mass is 32.2. The van der Waals surface area contributed by atoms with E-state index in [1.807, 2.05) is 0 Å². The summed E-state index contributed by atoms with van der Waals surface area (Å²) >= 11 is 0. The number of hydrogen-bond donors (Lipinski definition) is 0. The third kappa shape index (κ3) is 3.13. The Hall–Kier alpha value is -1.80. The number of nitrogens with zero attached hydrogens (tertiary/aromatic N) is 2. The lowest BCUT2D eigenvalue weighted by molar-refractivity contribution is 0.0633. The summed E-state index contributed by atoms with van der Waals surface area (Å²) in [6.45, 7) is 3.71. The van der Waals surface area contributed by atoms with Gasteiger partial charge in [-0.05, 0) is 19.1 Å². The summed E-state index contributed by atoms with van der Waals surface area (Å²) < 4.78 is 36.0. The molecule has 1 amide bonds. The molecule has 0 bridgehead atoms. The fraction of sp³-hybridized carbons (Fsp3) is 0.533. The van der Waals surface area contributed by atoms with Crippen molar-refractivity contribution in [1.29, 1.82) is 0 Å². The number of hydrogen-bond acceptors (Lipinski definition) is 5. The number of carbonyl (C=O) groups excluding carboxylic acids is 1. The minimum atomic E-state index is -3.25. The number of ether oxygens (including phenoxy) is 2. The number of benzene rings is 1. The number of rotatable bonds is 2. The molecule has 0 N–H and O–H groups in total. The molecular formula is C15H20N2O5S. The fourth-order valence-electron chi connectivity index (χ4n) is 3.03. The van der Waals surface area contributed by atoms with E-state index in [0.29, 0.717) is 49.9 Å². The van der Waals surface area contributed by atoms with Gasteiger partial charge in [-0.25, -0.2) is 8.42 Å². The molecule has 8 heteroatoms. The molecule has 0 spiro atoms. The second-order valence-electron chi connectivity index (χ2n) is 5.80. The largest absolute Gasteiger partial charge is 0.486 e. The maximum Gasteiger partial charge on any atom is 0.257 e. The number of carbonyl (C=O) groups is 1. The maximum absolute atomic E-state index is 12.8. The first-order chi connectivity index (χ1) is 10.9. The van der Waals surface area contributed by atoms with E-state index in [9.17, 15) is 13.2 Å². The van der Waals surface area contributed by atoms with Crippen LogP contribution < -0.4 is 9.47 Å². The minimum Gasteiger partial charge on any atom is -0.486 e. The summed E-state index contributed by atoms with van der Waals surface area (Å²) in [6, 6.07) is 5.00. The van der Waals surface area contributed by atoms with E-state index in [-0.39, 0.29) is 11.9 Å². The Kier molecular flexibility index (Phi) is 4.20. The number of sulfonamides is 1. The Morgan fingerprint density at radius 3 is 2.65 bits per heavy atom. The van der Waals surface area contributed by atoms with Crippen LogP contribution in [0, 0.1) is 0 Å². The number of amides is 1. The van der Waals surface area contributed by atoms with Gasteiger partial charge in [0.2, 0.25) is 10.0 Å². The average Bonchev–Trinajstić information content (AvgIpc) is 2.52. The van der Waals surface area contributed by atoms with E-state index in [1.165, 1.54) is 10.6 Å². The third-order valence-corrected chi connectivity index (χ3v) is 5.47. The van der Waals surface area contributed by atoms with Gasteiger partial charge in [-0.3, -0.25) is 4.79 Å². The van der Waals surface area contributed by atoms with Crippen LogP contribution in [0.1, 0.15) is 17.3 Å². The highest BCUT2D eigenvalue weighted by molar-refractivity contribution is 7.88. The van der Waals surface area contributed by atoms with E-state index in [2.05, 4.69) is 0 Å². The van der Waals surface area contributed by atoms with E-state index in [1.54, 1.807) is 30.0 Å². The lowest BCUT2D eigenvalue weighted by Crippen LogP contribution is -2.55. The molecular weight excluding hydrogens is 320 g/mol. The third-order valence-electron chi connectivity index (χ3n) is 4.08. The average molecular weight is 340 g/mol. The minimum absolute atomic E-state index is 0.160. The monoisotopic (exact) mass is 340 g/mol. The van der Waals surface area contributed by atoms with E-state index in [4.69, 9.17) is 9.47 Å². The molecule has 1 fully saturated rings. The van der Waals surface area contributed by atoms with Crippen LogP contribution in [0.4, 0.5) is 0 Å². The first kappa shape index (κ1) is 16.1. The summed E-state index contributed by atoms with van der Waals surface area (Å²) in [5, 5.41) is 0. The Bertz CT molecular complexity index is 719. The molecule has 2 aliphatic rings. The molecule has 3 rings (SSSR count). The molecule has 0 aliphatic carbocycles.